The van der Waals surface area contributed by atoms with E-state index in [-0.39, 0.29) is 0 Å². The molecule has 0 aromatic rings. The lowest BCUT2D eigenvalue weighted by atomic mass is 10.2. The van der Waals surface area contributed by atoms with Gasteiger partial charge in [0.05, 0.1) is 6.10 Å². The Bertz CT molecular complexity index is 158. The van der Waals surface area contributed by atoms with E-state index in [1.165, 1.54) is 12.8 Å². The molecule has 1 saturated heterocycles. The van der Waals surface area contributed by atoms with Crippen LogP contribution >= 0.6 is 0 Å². The van der Waals surface area contributed by atoms with Crippen molar-refractivity contribution < 1.29 is 4.74 Å². The summed E-state index contributed by atoms with van der Waals surface area (Å²) in [5, 5.41) is 0. The van der Waals surface area contributed by atoms with Crippen LogP contribution in [0.1, 0.15) is 12.8 Å². The van der Waals surface area contributed by atoms with Gasteiger partial charge in [-0.3, -0.25) is 4.90 Å². The quantitative estimate of drug-likeness (QED) is 0.648. The molecule has 4 heteroatoms. The van der Waals surface area contributed by atoms with Crippen LogP contribution in [0.5, 0.6) is 0 Å². The molecule has 1 heterocycles. The molecule has 90 valence electrons. The minimum Gasteiger partial charge on any atom is -0.377 e. The standard InChI is InChI=1S/C11H25N3O/c1-13(2)7-8-14(6-5-12)10-11-4-3-9-15-11/h11H,3-10,12H2,1-2H3. The molecular formula is C11H25N3O. The largest absolute Gasteiger partial charge is 0.377 e. The molecule has 4 nitrogen and oxygen atoms in total. The van der Waals surface area contributed by atoms with Crippen LogP contribution in [0, 0.1) is 0 Å². The van der Waals surface area contributed by atoms with E-state index in [0.717, 1.165) is 39.3 Å². The summed E-state index contributed by atoms with van der Waals surface area (Å²) in [6, 6.07) is 0. The minimum atomic E-state index is 0.443. The fourth-order valence-electron chi connectivity index (χ4n) is 1.89. The van der Waals surface area contributed by atoms with Crippen molar-refractivity contribution >= 4 is 0 Å². The maximum Gasteiger partial charge on any atom is 0.0702 e. The zero-order valence-electron chi connectivity index (χ0n) is 10.1. The average molecular weight is 215 g/mol. The van der Waals surface area contributed by atoms with E-state index in [4.69, 9.17) is 10.5 Å². The molecule has 0 radical (unpaired) electrons. The maximum absolute atomic E-state index is 5.64. The predicted octanol–water partition coefficient (Wildman–Crippen LogP) is -0.0123. The van der Waals surface area contributed by atoms with Gasteiger partial charge in [-0.15, -0.1) is 0 Å². The van der Waals surface area contributed by atoms with Gasteiger partial charge in [0.1, 0.15) is 0 Å². The van der Waals surface area contributed by atoms with Crippen molar-refractivity contribution in [1.29, 1.82) is 0 Å². The number of ether oxygens (including phenoxy) is 1. The van der Waals surface area contributed by atoms with Gasteiger partial charge in [0.15, 0.2) is 0 Å². The number of nitrogens with two attached hydrogens (primary N) is 1. The van der Waals surface area contributed by atoms with Crippen LogP contribution in [0.4, 0.5) is 0 Å². The molecular weight excluding hydrogens is 190 g/mol. The van der Waals surface area contributed by atoms with E-state index in [2.05, 4.69) is 23.9 Å². The third-order valence-corrected chi connectivity index (χ3v) is 2.79. The lowest BCUT2D eigenvalue weighted by Gasteiger charge is -2.25. The Kier molecular flexibility index (Phi) is 6.17. The van der Waals surface area contributed by atoms with E-state index >= 15 is 0 Å². The first-order chi connectivity index (χ1) is 7.22. The van der Waals surface area contributed by atoms with Crippen LogP contribution in [-0.2, 0) is 4.74 Å². The van der Waals surface area contributed by atoms with E-state index < -0.39 is 0 Å². The van der Waals surface area contributed by atoms with Gasteiger partial charge < -0.3 is 15.4 Å². The molecule has 1 fully saturated rings. The first-order valence-electron chi connectivity index (χ1n) is 5.91. The third-order valence-electron chi connectivity index (χ3n) is 2.79. The maximum atomic E-state index is 5.64. The van der Waals surface area contributed by atoms with Crippen molar-refractivity contribution in [2.24, 2.45) is 5.73 Å². The first kappa shape index (κ1) is 12.9. The second-order valence-electron chi connectivity index (χ2n) is 4.53. The Hall–Kier alpha value is -0.160. The van der Waals surface area contributed by atoms with Gasteiger partial charge in [-0.1, -0.05) is 0 Å². The van der Waals surface area contributed by atoms with Crippen LogP contribution in [0.2, 0.25) is 0 Å². The highest BCUT2D eigenvalue weighted by molar-refractivity contribution is 4.71. The molecule has 15 heavy (non-hydrogen) atoms. The SMILES string of the molecule is CN(C)CCN(CCN)CC1CCCO1. The Balaban J connectivity index is 2.22. The summed E-state index contributed by atoms with van der Waals surface area (Å²) in [6.07, 6.45) is 2.87. The van der Waals surface area contributed by atoms with Gasteiger partial charge in [-0.25, -0.2) is 0 Å². The Labute approximate surface area is 93.4 Å². The van der Waals surface area contributed by atoms with Crippen LogP contribution < -0.4 is 5.73 Å². The second kappa shape index (κ2) is 7.17. The van der Waals surface area contributed by atoms with E-state index in [1.807, 2.05) is 0 Å². The summed E-state index contributed by atoms with van der Waals surface area (Å²) in [7, 11) is 4.21. The molecule has 2 N–H and O–H groups in total. The number of hydrogen-bond acceptors (Lipinski definition) is 4. The van der Waals surface area contributed by atoms with E-state index in [1.54, 1.807) is 0 Å². The average Bonchev–Trinajstić information content (AvgIpc) is 2.67. The minimum absolute atomic E-state index is 0.443. The summed E-state index contributed by atoms with van der Waals surface area (Å²) >= 11 is 0. The number of rotatable bonds is 7. The molecule has 1 aliphatic rings. The van der Waals surface area contributed by atoms with Crippen LogP contribution in [0.15, 0.2) is 0 Å². The summed E-state index contributed by atoms with van der Waals surface area (Å²) in [4.78, 5) is 4.62. The van der Waals surface area contributed by atoms with Crippen LogP contribution in [-0.4, -0.2) is 69.3 Å². The van der Waals surface area contributed by atoms with Crippen LogP contribution in [0.25, 0.3) is 0 Å². The van der Waals surface area contributed by atoms with E-state index in [0.29, 0.717) is 6.10 Å². The fourth-order valence-corrected chi connectivity index (χ4v) is 1.89. The van der Waals surface area contributed by atoms with Gasteiger partial charge in [-0.05, 0) is 26.9 Å². The molecule has 0 aromatic heterocycles. The monoisotopic (exact) mass is 215 g/mol. The lowest BCUT2D eigenvalue weighted by molar-refractivity contribution is 0.0719. The van der Waals surface area contributed by atoms with E-state index in [9.17, 15) is 0 Å². The van der Waals surface area contributed by atoms with Crippen molar-refractivity contribution in [3.05, 3.63) is 0 Å². The highest BCUT2D eigenvalue weighted by Crippen LogP contribution is 2.12. The van der Waals surface area contributed by atoms with Crippen LogP contribution in [0.3, 0.4) is 0 Å². The number of hydrogen-bond donors (Lipinski definition) is 1. The lowest BCUT2D eigenvalue weighted by Crippen LogP contribution is -2.39. The van der Waals surface area contributed by atoms with Crippen molar-refractivity contribution in [2.75, 3.05) is 53.4 Å². The molecule has 0 bridgehead atoms. The molecule has 0 amide bonds. The summed E-state index contributed by atoms with van der Waals surface area (Å²) in [6.45, 7) is 5.88. The van der Waals surface area contributed by atoms with Crippen molar-refractivity contribution in [1.82, 2.24) is 9.80 Å². The summed E-state index contributed by atoms with van der Waals surface area (Å²) in [5.41, 5.74) is 5.61. The molecule has 1 unspecified atom stereocenters. The zero-order valence-corrected chi connectivity index (χ0v) is 10.1. The van der Waals surface area contributed by atoms with Gasteiger partial charge in [0.25, 0.3) is 0 Å². The molecule has 1 aliphatic heterocycles. The fraction of sp³-hybridized carbons (Fsp3) is 1.00. The highest BCUT2D eigenvalue weighted by Gasteiger charge is 2.18. The normalized spacial score (nSPS) is 21.8. The molecule has 1 atom stereocenters. The Morgan fingerprint density at radius 2 is 2.07 bits per heavy atom. The molecule has 0 aromatic carbocycles. The third kappa shape index (κ3) is 5.47. The van der Waals surface area contributed by atoms with Gasteiger partial charge in [0.2, 0.25) is 0 Å². The topological polar surface area (TPSA) is 41.7 Å². The smallest absolute Gasteiger partial charge is 0.0702 e. The first-order valence-corrected chi connectivity index (χ1v) is 5.91. The second-order valence-corrected chi connectivity index (χ2v) is 4.53. The number of likely N-dealkylation sites (N-methyl/N-ethyl adjacent to an activating group) is 1. The number of nitrogens with zero attached hydrogens (tertiary/aromatic N) is 2. The Morgan fingerprint density at radius 1 is 1.27 bits per heavy atom. The molecule has 1 rings (SSSR count). The van der Waals surface area contributed by atoms with Gasteiger partial charge in [-0.2, -0.15) is 0 Å². The predicted molar refractivity (Wildman–Crippen MR) is 63.0 cm³/mol. The zero-order chi connectivity index (χ0) is 11.1. The highest BCUT2D eigenvalue weighted by atomic mass is 16.5. The van der Waals surface area contributed by atoms with Crippen molar-refractivity contribution in [3.63, 3.8) is 0 Å². The summed E-state index contributed by atoms with van der Waals surface area (Å²) in [5.74, 6) is 0. The van der Waals surface area contributed by atoms with Crippen molar-refractivity contribution in [3.8, 4) is 0 Å². The Morgan fingerprint density at radius 3 is 2.60 bits per heavy atom. The van der Waals surface area contributed by atoms with Gasteiger partial charge in [0, 0.05) is 39.3 Å². The molecule has 0 spiro atoms. The molecule has 0 saturated carbocycles. The van der Waals surface area contributed by atoms with Crippen molar-refractivity contribution in [2.45, 2.75) is 18.9 Å². The molecule has 0 aliphatic carbocycles. The summed E-state index contributed by atoms with van der Waals surface area (Å²) < 4.78 is 5.64. The van der Waals surface area contributed by atoms with Gasteiger partial charge >= 0.3 is 0 Å².